The summed E-state index contributed by atoms with van der Waals surface area (Å²) in [4.78, 5) is 30.9. The Morgan fingerprint density at radius 1 is 0.727 bits per heavy atom. The molecule has 9 nitrogen and oxygen atoms in total. The highest BCUT2D eigenvalue weighted by molar-refractivity contribution is 5.96. The van der Waals surface area contributed by atoms with E-state index in [0.717, 1.165) is 76.7 Å². The molecule has 2 aliphatic rings. The molecule has 9 heteroatoms. The van der Waals surface area contributed by atoms with Crippen molar-refractivity contribution in [1.29, 1.82) is 0 Å². The second-order valence-corrected chi connectivity index (χ2v) is 14.6. The van der Waals surface area contributed by atoms with Crippen LogP contribution in [0, 0.1) is 5.92 Å². The van der Waals surface area contributed by atoms with Crippen LogP contribution in [0.5, 0.6) is 0 Å². The van der Waals surface area contributed by atoms with Gasteiger partial charge in [-0.2, -0.15) is 4.98 Å². The number of nitrogens with zero attached hydrogens (tertiary/aromatic N) is 6. The number of amides is 1. The van der Waals surface area contributed by atoms with Crippen molar-refractivity contribution in [3.8, 4) is 22.5 Å². The summed E-state index contributed by atoms with van der Waals surface area (Å²) in [6.45, 7) is 2.14. The maximum atomic E-state index is 13.6. The molecule has 0 bridgehead atoms. The van der Waals surface area contributed by atoms with Gasteiger partial charge < -0.3 is 4.57 Å². The second-order valence-electron chi connectivity index (χ2n) is 14.6. The zero-order valence-electron chi connectivity index (χ0n) is 30.7. The largest absolute Gasteiger partial charge is 0.302 e. The van der Waals surface area contributed by atoms with Gasteiger partial charge in [-0.1, -0.05) is 153 Å². The molecule has 1 aliphatic heterocycles. The van der Waals surface area contributed by atoms with Crippen molar-refractivity contribution in [3.63, 3.8) is 0 Å². The van der Waals surface area contributed by atoms with Crippen LogP contribution >= 0.6 is 0 Å². The molecule has 2 aromatic heterocycles. The molecule has 1 N–H and O–H groups in total. The van der Waals surface area contributed by atoms with Crippen LogP contribution in [-0.4, -0.2) is 35.7 Å². The van der Waals surface area contributed by atoms with Gasteiger partial charge in [0, 0.05) is 23.2 Å². The number of benzene rings is 5. The van der Waals surface area contributed by atoms with Crippen LogP contribution in [0.2, 0.25) is 0 Å². The summed E-state index contributed by atoms with van der Waals surface area (Å²) in [5, 5.41) is 16.7. The van der Waals surface area contributed by atoms with Gasteiger partial charge in [-0.3, -0.25) is 14.9 Å². The highest BCUT2D eigenvalue weighted by Crippen LogP contribution is 2.45. The van der Waals surface area contributed by atoms with Gasteiger partial charge in [0.15, 0.2) is 5.82 Å². The lowest BCUT2D eigenvalue weighted by atomic mass is 9.77. The number of hydrogen-bond acceptors (Lipinski definition) is 6. The Kier molecular flexibility index (Phi) is 8.98. The predicted molar refractivity (Wildman–Crippen MR) is 214 cm³/mol. The van der Waals surface area contributed by atoms with Crippen molar-refractivity contribution >= 4 is 11.9 Å². The van der Waals surface area contributed by atoms with Crippen LogP contribution in [0.4, 0.5) is 5.95 Å². The molecule has 1 unspecified atom stereocenters. The number of nitrogens with one attached hydrogen (secondary N) is 1. The van der Waals surface area contributed by atoms with E-state index in [1.807, 2.05) is 39.6 Å². The number of aromatic nitrogens is 6. The molecular weight excluding hydrogens is 683 g/mol. The van der Waals surface area contributed by atoms with E-state index in [1.165, 1.54) is 0 Å². The molecule has 7 aromatic rings. The van der Waals surface area contributed by atoms with E-state index < -0.39 is 5.54 Å². The molecule has 0 radical (unpaired) electrons. The molecule has 1 amide bonds. The minimum Gasteiger partial charge on any atom is -0.302 e. The topological polar surface area (TPSA) is 108 Å². The smallest absolute Gasteiger partial charge is 0.278 e. The number of tetrazole rings is 1. The van der Waals surface area contributed by atoms with E-state index in [2.05, 4.69) is 132 Å². The summed E-state index contributed by atoms with van der Waals surface area (Å²) in [7, 11) is 0. The summed E-state index contributed by atoms with van der Waals surface area (Å²) in [5.74, 6) is 1.28. The third-order valence-electron chi connectivity index (χ3n) is 11.1. The zero-order valence-corrected chi connectivity index (χ0v) is 30.7. The summed E-state index contributed by atoms with van der Waals surface area (Å²) in [6.07, 6.45) is 5.12. The van der Waals surface area contributed by atoms with Gasteiger partial charge in [0.05, 0.1) is 0 Å². The number of rotatable bonds is 12. The van der Waals surface area contributed by atoms with Gasteiger partial charge in [-0.25, -0.2) is 4.68 Å². The summed E-state index contributed by atoms with van der Waals surface area (Å²) >= 11 is 0. The first kappa shape index (κ1) is 34.3. The van der Waals surface area contributed by atoms with Crippen molar-refractivity contribution < 1.29 is 4.79 Å². The van der Waals surface area contributed by atoms with E-state index >= 15 is 0 Å². The Bertz CT molecular complexity index is 2430. The highest BCUT2D eigenvalue weighted by Gasteiger charge is 2.44. The van der Waals surface area contributed by atoms with E-state index in [1.54, 1.807) is 0 Å². The van der Waals surface area contributed by atoms with Crippen molar-refractivity contribution in [2.24, 2.45) is 5.92 Å². The van der Waals surface area contributed by atoms with Crippen LogP contribution in [0.15, 0.2) is 144 Å². The van der Waals surface area contributed by atoms with E-state index in [0.29, 0.717) is 29.7 Å². The van der Waals surface area contributed by atoms with Crippen LogP contribution in [0.3, 0.4) is 0 Å². The number of carbonyl (C=O) groups is 1. The van der Waals surface area contributed by atoms with Crippen LogP contribution < -0.4 is 10.9 Å². The Hall–Kier alpha value is -6.48. The quantitative estimate of drug-likeness (QED) is 0.127. The first-order valence-corrected chi connectivity index (χ1v) is 19.2. The van der Waals surface area contributed by atoms with Gasteiger partial charge in [0.1, 0.15) is 11.6 Å². The van der Waals surface area contributed by atoms with Crippen molar-refractivity contribution in [2.75, 3.05) is 5.32 Å². The van der Waals surface area contributed by atoms with Gasteiger partial charge in [0.2, 0.25) is 11.9 Å². The number of carbonyl (C=O) groups excluding carboxylic acids is 1. The van der Waals surface area contributed by atoms with Crippen molar-refractivity contribution in [3.05, 3.63) is 183 Å². The molecule has 1 fully saturated rings. The van der Waals surface area contributed by atoms with Crippen LogP contribution in [-0.2, 0) is 23.2 Å². The van der Waals surface area contributed by atoms with Gasteiger partial charge in [-0.05, 0) is 75.4 Å². The van der Waals surface area contributed by atoms with Gasteiger partial charge in [-0.15, -0.1) is 5.10 Å². The molecule has 0 spiro atoms. The molecule has 0 saturated heterocycles. The summed E-state index contributed by atoms with van der Waals surface area (Å²) in [5.41, 5.74) is 7.41. The summed E-state index contributed by atoms with van der Waals surface area (Å²) < 4.78 is 4.00. The standard InChI is InChI=1S/C46H41N7O2/c1-2-3-23-40-39(43(54)47-45-48-44(55)41(52(40)45)33-28-29-33)30-31-24-26-32(27-25-31)37-21-13-14-22-38(37)42-49-50-51-53(42)46(34-15-7-4-8-16-34,35-17-9-5-10-18-35)36-19-11-6-12-20-36/h4-22,24-27,33,41H,2-3,23,28-30H2,1H3,(H,47,48,54,55). The number of fused-ring (bicyclic) bond motifs is 1. The molecule has 9 rings (SSSR count). The number of unbranched alkanes of at least 4 members (excludes halogenated alkanes) is 1. The predicted octanol–water partition coefficient (Wildman–Crippen LogP) is 8.24. The van der Waals surface area contributed by atoms with Crippen molar-refractivity contribution in [2.45, 2.75) is 57.0 Å². The second kappa shape index (κ2) is 14.4. The fourth-order valence-electron chi connectivity index (χ4n) is 8.36. The molecule has 3 heterocycles. The monoisotopic (exact) mass is 723 g/mol. The Morgan fingerprint density at radius 2 is 1.31 bits per heavy atom. The maximum absolute atomic E-state index is 13.6. The molecule has 5 aromatic carbocycles. The van der Waals surface area contributed by atoms with E-state index in [4.69, 9.17) is 10.3 Å². The van der Waals surface area contributed by atoms with Gasteiger partial charge in [0.25, 0.3) is 5.56 Å². The Labute approximate surface area is 319 Å². The molecule has 1 atom stereocenters. The first-order valence-electron chi connectivity index (χ1n) is 19.2. The van der Waals surface area contributed by atoms with Gasteiger partial charge >= 0.3 is 0 Å². The minimum absolute atomic E-state index is 0.0492. The third kappa shape index (κ3) is 6.06. The number of anilines is 1. The molecule has 1 aliphatic carbocycles. The fraction of sp³-hybridized carbons (Fsp3) is 0.217. The van der Waals surface area contributed by atoms with E-state index in [9.17, 15) is 9.59 Å². The normalized spacial score (nSPS) is 15.1. The minimum atomic E-state index is -0.883. The average Bonchev–Trinajstić information content (AvgIpc) is 3.85. The SMILES string of the molecule is CCCCc1c(Cc2ccc(-c3ccccc3-c3nnnn3C(c3ccccc3)(c3ccccc3)c3ccccc3)cc2)c(=O)nc2n1C(C1CC1)C(=O)N2. The first-order chi connectivity index (χ1) is 27.1. The number of hydrogen-bond donors (Lipinski definition) is 1. The fourth-order valence-corrected chi connectivity index (χ4v) is 8.36. The Morgan fingerprint density at radius 3 is 1.89 bits per heavy atom. The van der Waals surface area contributed by atoms with Crippen LogP contribution in [0.1, 0.15) is 72.2 Å². The molecular formula is C46H41N7O2. The van der Waals surface area contributed by atoms with Crippen LogP contribution in [0.25, 0.3) is 22.5 Å². The molecule has 55 heavy (non-hydrogen) atoms. The lowest BCUT2D eigenvalue weighted by Gasteiger charge is -2.36. The lowest BCUT2D eigenvalue weighted by Crippen LogP contribution is -2.39. The zero-order chi connectivity index (χ0) is 37.4. The molecule has 1 saturated carbocycles. The highest BCUT2D eigenvalue weighted by atomic mass is 16.2. The Balaban J connectivity index is 1.12. The third-order valence-corrected chi connectivity index (χ3v) is 11.1. The average molecular weight is 724 g/mol. The summed E-state index contributed by atoms with van der Waals surface area (Å²) in [6, 6.07) is 47.5. The van der Waals surface area contributed by atoms with E-state index in [-0.39, 0.29) is 17.5 Å². The maximum Gasteiger partial charge on any atom is 0.278 e. The molecule has 272 valence electrons. The van der Waals surface area contributed by atoms with Crippen molar-refractivity contribution in [1.82, 2.24) is 29.8 Å². The lowest BCUT2D eigenvalue weighted by molar-refractivity contribution is -0.118.